The first-order chi connectivity index (χ1) is 13.7. The van der Waals surface area contributed by atoms with Gasteiger partial charge < -0.3 is 9.80 Å². The highest BCUT2D eigenvalue weighted by atomic mass is 32.1. The van der Waals surface area contributed by atoms with Gasteiger partial charge in [0.25, 0.3) is 5.91 Å². The number of carbonyl (C=O) groups excluding carboxylic acids is 1. The van der Waals surface area contributed by atoms with E-state index in [1.807, 2.05) is 35.5 Å². The second-order valence-electron chi connectivity index (χ2n) is 7.39. The van der Waals surface area contributed by atoms with Gasteiger partial charge in [-0.2, -0.15) is 10.2 Å². The average Bonchev–Trinajstić information content (AvgIpc) is 3.29. The SMILES string of the molecule is Cn1nc(-c2cccs2)cc1C(=O)N1CCN(c2ccc(C3CC3)nn2)CC1. The van der Waals surface area contributed by atoms with Crippen LogP contribution in [0.3, 0.4) is 0 Å². The number of amides is 1. The molecule has 1 saturated heterocycles. The summed E-state index contributed by atoms with van der Waals surface area (Å²) in [5.74, 6) is 1.55. The number of aromatic nitrogens is 4. The maximum absolute atomic E-state index is 13.0. The van der Waals surface area contributed by atoms with Crippen LogP contribution in [0.2, 0.25) is 0 Å². The Hall–Kier alpha value is -2.74. The lowest BCUT2D eigenvalue weighted by molar-refractivity contribution is 0.0735. The molecule has 5 rings (SSSR count). The van der Waals surface area contributed by atoms with E-state index in [0.29, 0.717) is 24.7 Å². The molecule has 3 aromatic rings. The van der Waals surface area contributed by atoms with E-state index in [1.165, 1.54) is 12.8 Å². The van der Waals surface area contributed by atoms with Crippen LogP contribution in [-0.2, 0) is 7.05 Å². The molecule has 0 radical (unpaired) electrons. The molecule has 2 fully saturated rings. The summed E-state index contributed by atoms with van der Waals surface area (Å²) >= 11 is 1.63. The lowest BCUT2D eigenvalue weighted by atomic mass is 10.2. The summed E-state index contributed by atoms with van der Waals surface area (Å²) in [5.41, 5.74) is 2.59. The molecule has 1 saturated carbocycles. The van der Waals surface area contributed by atoms with E-state index < -0.39 is 0 Å². The maximum Gasteiger partial charge on any atom is 0.272 e. The summed E-state index contributed by atoms with van der Waals surface area (Å²) in [7, 11) is 1.83. The molecule has 0 bridgehead atoms. The molecule has 28 heavy (non-hydrogen) atoms. The van der Waals surface area contributed by atoms with Crippen LogP contribution >= 0.6 is 11.3 Å². The topological polar surface area (TPSA) is 67.2 Å². The summed E-state index contributed by atoms with van der Waals surface area (Å²) in [4.78, 5) is 18.2. The van der Waals surface area contributed by atoms with Crippen LogP contribution in [0.25, 0.3) is 10.6 Å². The third kappa shape index (κ3) is 3.28. The molecule has 144 valence electrons. The molecule has 1 aliphatic carbocycles. The number of aryl methyl sites for hydroxylation is 1. The molecule has 3 aromatic heterocycles. The summed E-state index contributed by atoms with van der Waals surface area (Å²) in [6.07, 6.45) is 2.47. The van der Waals surface area contributed by atoms with Crippen molar-refractivity contribution in [3.05, 3.63) is 47.1 Å². The first kappa shape index (κ1) is 17.4. The Bertz CT molecular complexity index is 969. The molecule has 0 aromatic carbocycles. The molecule has 0 N–H and O–H groups in total. The van der Waals surface area contributed by atoms with Crippen LogP contribution in [0.5, 0.6) is 0 Å². The fourth-order valence-corrected chi connectivity index (χ4v) is 4.30. The molecule has 0 spiro atoms. The van der Waals surface area contributed by atoms with Crippen molar-refractivity contribution in [1.29, 1.82) is 0 Å². The van der Waals surface area contributed by atoms with Crippen molar-refractivity contribution in [2.75, 3.05) is 31.1 Å². The van der Waals surface area contributed by atoms with Gasteiger partial charge in [0.1, 0.15) is 11.4 Å². The predicted octanol–water partition coefficient (Wildman–Crippen LogP) is 2.78. The van der Waals surface area contributed by atoms with Gasteiger partial charge >= 0.3 is 0 Å². The highest BCUT2D eigenvalue weighted by Gasteiger charge is 2.27. The van der Waals surface area contributed by atoms with Gasteiger partial charge in [-0.25, -0.2) is 0 Å². The zero-order valence-corrected chi connectivity index (χ0v) is 16.6. The molecule has 1 amide bonds. The van der Waals surface area contributed by atoms with Crippen LogP contribution < -0.4 is 4.90 Å². The predicted molar refractivity (Wildman–Crippen MR) is 109 cm³/mol. The second-order valence-corrected chi connectivity index (χ2v) is 8.33. The number of hydrogen-bond acceptors (Lipinski definition) is 6. The molecule has 7 nitrogen and oxygen atoms in total. The average molecular weight is 395 g/mol. The van der Waals surface area contributed by atoms with Crippen LogP contribution in [0.1, 0.15) is 34.9 Å². The highest BCUT2D eigenvalue weighted by molar-refractivity contribution is 7.13. The van der Waals surface area contributed by atoms with E-state index in [4.69, 9.17) is 0 Å². The van der Waals surface area contributed by atoms with Crippen molar-refractivity contribution in [1.82, 2.24) is 24.9 Å². The maximum atomic E-state index is 13.0. The zero-order valence-electron chi connectivity index (χ0n) is 15.8. The van der Waals surface area contributed by atoms with Gasteiger partial charge in [0.15, 0.2) is 5.82 Å². The number of carbonyl (C=O) groups is 1. The molecule has 1 aliphatic heterocycles. The summed E-state index contributed by atoms with van der Waals surface area (Å²) in [6, 6.07) is 10.1. The number of anilines is 1. The van der Waals surface area contributed by atoms with Gasteiger partial charge in [0, 0.05) is 39.1 Å². The van der Waals surface area contributed by atoms with E-state index >= 15 is 0 Å². The van der Waals surface area contributed by atoms with Gasteiger partial charge in [0.05, 0.1) is 10.6 Å². The lowest BCUT2D eigenvalue weighted by Gasteiger charge is -2.35. The number of thiophene rings is 1. The van der Waals surface area contributed by atoms with E-state index in [0.717, 1.165) is 35.2 Å². The Balaban J connectivity index is 1.24. The van der Waals surface area contributed by atoms with Gasteiger partial charge in [-0.15, -0.1) is 16.4 Å². The first-order valence-corrected chi connectivity index (χ1v) is 10.5. The summed E-state index contributed by atoms with van der Waals surface area (Å²) in [5, 5.41) is 15.3. The van der Waals surface area contributed by atoms with Crippen LogP contribution in [0.4, 0.5) is 5.82 Å². The van der Waals surface area contributed by atoms with E-state index in [1.54, 1.807) is 16.0 Å². The number of nitrogens with zero attached hydrogens (tertiary/aromatic N) is 6. The standard InChI is InChI=1S/C20H22N6OS/c1-24-17(13-16(23-24)18-3-2-12-28-18)20(27)26-10-8-25(9-11-26)19-7-6-15(21-22-19)14-4-5-14/h2-3,6-7,12-14H,4-5,8-11H2,1H3. The molecular weight excluding hydrogens is 372 g/mol. The normalized spacial score (nSPS) is 17.2. The Morgan fingerprint density at radius 2 is 1.93 bits per heavy atom. The smallest absolute Gasteiger partial charge is 0.272 e. The molecule has 4 heterocycles. The third-order valence-electron chi connectivity index (χ3n) is 5.43. The van der Waals surface area contributed by atoms with Crippen molar-refractivity contribution in [3.8, 4) is 10.6 Å². The fraction of sp³-hybridized carbons (Fsp3) is 0.400. The largest absolute Gasteiger partial charge is 0.352 e. The molecule has 2 aliphatic rings. The third-order valence-corrected chi connectivity index (χ3v) is 6.32. The molecule has 0 atom stereocenters. The Morgan fingerprint density at radius 3 is 2.57 bits per heavy atom. The van der Waals surface area contributed by atoms with Crippen LogP contribution in [0.15, 0.2) is 35.7 Å². The van der Waals surface area contributed by atoms with Gasteiger partial charge in [0.2, 0.25) is 0 Å². The minimum atomic E-state index is 0.0348. The quantitative estimate of drug-likeness (QED) is 0.681. The minimum absolute atomic E-state index is 0.0348. The van der Waals surface area contributed by atoms with E-state index in [-0.39, 0.29) is 5.91 Å². The second kappa shape index (κ2) is 7.01. The molecule has 0 unspecified atom stereocenters. The van der Waals surface area contributed by atoms with Gasteiger partial charge in [-0.1, -0.05) is 6.07 Å². The van der Waals surface area contributed by atoms with Crippen molar-refractivity contribution in [2.45, 2.75) is 18.8 Å². The lowest BCUT2D eigenvalue weighted by Crippen LogP contribution is -2.49. The van der Waals surface area contributed by atoms with Crippen molar-refractivity contribution in [2.24, 2.45) is 7.05 Å². The zero-order chi connectivity index (χ0) is 19.1. The van der Waals surface area contributed by atoms with Crippen molar-refractivity contribution in [3.63, 3.8) is 0 Å². The number of rotatable bonds is 4. The first-order valence-electron chi connectivity index (χ1n) is 9.65. The Kier molecular flexibility index (Phi) is 4.35. The summed E-state index contributed by atoms with van der Waals surface area (Å²) in [6.45, 7) is 2.87. The van der Waals surface area contributed by atoms with Crippen LogP contribution in [-0.4, -0.2) is 57.0 Å². The minimum Gasteiger partial charge on any atom is -0.352 e. The Morgan fingerprint density at radius 1 is 1.11 bits per heavy atom. The number of hydrogen-bond donors (Lipinski definition) is 0. The Labute approximate surface area is 167 Å². The summed E-state index contributed by atoms with van der Waals surface area (Å²) < 4.78 is 1.69. The van der Waals surface area contributed by atoms with E-state index in [9.17, 15) is 4.79 Å². The molecular formula is C20H22N6OS. The number of piperazine rings is 1. The van der Waals surface area contributed by atoms with Crippen LogP contribution in [0, 0.1) is 0 Å². The monoisotopic (exact) mass is 394 g/mol. The van der Waals surface area contributed by atoms with Crippen molar-refractivity contribution < 1.29 is 4.79 Å². The van der Waals surface area contributed by atoms with Gasteiger partial charge in [-0.05, 0) is 42.5 Å². The van der Waals surface area contributed by atoms with E-state index in [2.05, 4.69) is 32.3 Å². The van der Waals surface area contributed by atoms with Crippen molar-refractivity contribution >= 4 is 23.1 Å². The van der Waals surface area contributed by atoms with Gasteiger partial charge in [-0.3, -0.25) is 9.48 Å². The molecule has 8 heteroatoms. The highest BCUT2D eigenvalue weighted by Crippen LogP contribution is 2.38. The fourth-order valence-electron chi connectivity index (χ4n) is 3.61.